The first-order valence-corrected chi connectivity index (χ1v) is 4.59. The van der Waals surface area contributed by atoms with Crippen molar-refractivity contribution in [3.8, 4) is 0 Å². The van der Waals surface area contributed by atoms with Crippen LogP contribution in [0.1, 0.15) is 33.6 Å². The molecular weight excluding hydrogens is 138 g/mol. The number of hydrogen-bond donors (Lipinski definition) is 1. The quantitative estimate of drug-likeness (QED) is 0.652. The van der Waals surface area contributed by atoms with E-state index in [2.05, 4.69) is 25.7 Å². The van der Waals surface area contributed by atoms with Gasteiger partial charge >= 0.3 is 0 Å². The zero-order valence-electron chi connectivity index (χ0n) is 7.75. The van der Waals surface area contributed by atoms with Crippen molar-refractivity contribution in [1.29, 1.82) is 0 Å². The van der Waals surface area contributed by atoms with E-state index in [9.17, 15) is 5.11 Å². The van der Waals surface area contributed by atoms with Crippen molar-refractivity contribution in [2.75, 3.05) is 6.54 Å². The zero-order chi connectivity index (χ0) is 8.43. The summed E-state index contributed by atoms with van der Waals surface area (Å²) in [7, 11) is 0. The molecule has 0 saturated carbocycles. The van der Waals surface area contributed by atoms with Crippen LogP contribution in [0.5, 0.6) is 0 Å². The minimum Gasteiger partial charge on any atom is -0.392 e. The van der Waals surface area contributed by atoms with Crippen molar-refractivity contribution in [1.82, 2.24) is 4.90 Å². The highest BCUT2D eigenvalue weighted by Crippen LogP contribution is 2.22. The van der Waals surface area contributed by atoms with E-state index < -0.39 is 0 Å². The summed E-state index contributed by atoms with van der Waals surface area (Å²) in [5, 5.41) is 9.41. The molecule has 2 atom stereocenters. The monoisotopic (exact) mass is 157 g/mol. The van der Waals surface area contributed by atoms with Crippen molar-refractivity contribution < 1.29 is 5.11 Å². The summed E-state index contributed by atoms with van der Waals surface area (Å²) in [4.78, 5) is 2.39. The number of likely N-dealkylation sites (tertiary alicyclic amines) is 1. The van der Waals surface area contributed by atoms with Crippen molar-refractivity contribution >= 4 is 0 Å². The Labute approximate surface area is 69.2 Å². The first kappa shape index (κ1) is 9.01. The average Bonchev–Trinajstić information content (AvgIpc) is 2.30. The maximum absolute atomic E-state index is 9.41. The summed E-state index contributed by atoms with van der Waals surface area (Å²) in [6.07, 6.45) is 2.05. The van der Waals surface area contributed by atoms with Gasteiger partial charge in [0.25, 0.3) is 0 Å². The number of nitrogens with zero attached hydrogens (tertiary/aromatic N) is 1. The molecule has 66 valence electrons. The van der Waals surface area contributed by atoms with Gasteiger partial charge in [0.05, 0.1) is 6.10 Å². The molecule has 2 heteroatoms. The third kappa shape index (κ3) is 1.94. The predicted octanol–water partition coefficient (Wildman–Crippen LogP) is 1.24. The third-order valence-corrected chi connectivity index (χ3v) is 2.57. The molecule has 1 N–H and O–H groups in total. The first-order valence-electron chi connectivity index (χ1n) is 4.59. The Morgan fingerprint density at radius 3 is 2.55 bits per heavy atom. The minimum absolute atomic E-state index is 0.0812. The fourth-order valence-electron chi connectivity index (χ4n) is 1.95. The molecule has 0 spiro atoms. The van der Waals surface area contributed by atoms with Gasteiger partial charge in [-0.3, -0.25) is 4.90 Å². The molecule has 1 rings (SSSR count). The highest BCUT2D eigenvalue weighted by Gasteiger charge is 2.30. The molecule has 1 fully saturated rings. The second kappa shape index (κ2) is 3.55. The number of hydrogen-bond acceptors (Lipinski definition) is 2. The smallest absolute Gasteiger partial charge is 0.0682 e. The summed E-state index contributed by atoms with van der Waals surface area (Å²) in [6, 6.07) is 1.20. The van der Waals surface area contributed by atoms with Crippen LogP contribution in [0.4, 0.5) is 0 Å². The van der Waals surface area contributed by atoms with E-state index in [1.807, 2.05) is 0 Å². The van der Waals surface area contributed by atoms with E-state index in [-0.39, 0.29) is 6.10 Å². The molecule has 1 aliphatic rings. The van der Waals surface area contributed by atoms with Gasteiger partial charge in [0, 0.05) is 18.6 Å². The molecule has 0 aliphatic carbocycles. The van der Waals surface area contributed by atoms with E-state index >= 15 is 0 Å². The Bertz CT molecular complexity index is 125. The lowest BCUT2D eigenvalue weighted by Crippen LogP contribution is -2.35. The zero-order valence-corrected chi connectivity index (χ0v) is 7.75. The molecule has 1 aliphatic heterocycles. The van der Waals surface area contributed by atoms with Crippen molar-refractivity contribution in [2.45, 2.75) is 51.8 Å². The Hall–Kier alpha value is -0.0800. The lowest BCUT2D eigenvalue weighted by molar-refractivity contribution is 0.158. The minimum atomic E-state index is -0.0812. The van der Waals surface area contributed by atoms with Gasteiger partial charge in [-0.15, -0.1) is 0 Å². The first-order chi connectivity index (χ1) is 5.15. The number of aliphatic hydroxyl groups excluding tert-OH is 1. The summed E-state index contributed by atoms with van der Waals surface area (Å²) in [5.41, 5.74) is 0. The van der Waals surface area contributed by atoms with Gasteiger partial charge in [0.15, 0.2) is 0 Å². The van der Waals surface area contributed by atoms with Gasteiger partial charge in [-0.1, -0.05) is 6.92 Å². The summed E-state index contributed by atoms with van der Waals surface area (Å²) in [6.45, 7) is 7.45. The maximum atomic E-state index is 9.41. The van der Waals surface area contributed by atoms with Gasteiger partial charge in [-0.05, 0) is 26.7 Å². The number of rotatable bonds is 2. The number of aliphatic hydroxyl groups is 1. The Balaban J connectivity index is 2.50. The van der Waals surface area contributed by atoms with E-state index in [0.717, 1.165) is 19.4 Å². The molecule has 0 aromatic rings. The molecule has 2 nitrogen and oxygen atoms in total. The molecule has 11 heavy (non-hydrogen) atoms. The predicted molar refractivity (Wildman–Crippen MR) is 46.5 cm³/mol. The highest BCUT2D eigenvalue weighted by molar-refractivity contribution is 4.85. The van der Waals surface area contributed by atoms with Crippen molar-refractivity contribution in [2.24, 2.45) is 0 Å². The number of β-amino-alcohol motifs (C(OH)–C–C–N with tert-alkyl or cyclic N) is 1. The van der Waals surface area contributed by atoms with Crippen LogP contribution >= 0.6 is 0 Å². The second-order valence-corrected chi connectivity index (χ2v) is 3.74. The van der Waals surface area contributed by atoms with Crippen LogP contribution in [0.25, 0.3) is 0 Å². The van der Waals surface area contributed by atoms with E-state index in [1.54, 1.807) is 0 Å². The molecule has 0 unspecified atom stereocenters. The molecule has 0 aromatic carbocycles. The van der Waals surface area contributed by atoms with Gasteiger partial charge in [-0.25, -0.2) is 0 Å². The van der Waals surface area contributed by atoms with Gasteiger partial charge in [0.1, 0.15) is 0 Å². The normalized spacial score (nSPS) is 33.5. The largest absolute Gasteiger partial charge is 0.392 e. The topological polar surface area (TPSA) is 23.5 Å². The van der Waals surface area contributed by atoms with Crippen LogP contribution in [0.15, 0.2) is 0 Å². The van der Waals surface area contributed by atoms with E-state index in [4.69, 9.17) is 0 Å². The van der Waals surface area contributed by atoms with Crippen molar-refractivity contribution in [3.63, 3.8) is 0 Å². The second-order valence-electron chi connectivity index (χ2n) is 3.74. The lowest BCUT2D eigenvalue weighted by atomic mass is 10.1. The Morgan fingerprint density at radius 1 is 1.55 bits per heavy atom. The molecule has 0 radical (unpaired) electrons. The van der Waals surface area contributed by atoms with Gasteiger partial charge in [0.2, 0.25) is 0 Å². The van der Waals surface area contributed by atoms with Gasteiger partial charge < -0.3 is 5.11 Å². The molecule has 1 heterocycles. The Kier molecular flexibility index (Phi) is 2.90. The lowest BCUT2D eigenvalue weighted by Gasteiger charge is -2.26. The SMILES string of the molecule is CC[C@H]1C[C@H](O)CN1C(C)C. The molecule has 0 amide bonds. The summed E-state index contributed by atoms with van der Waals surface area (Å²) in [5.74, 6) is 0. The average molecular weight is 157 g/mol. The van der Waals surface area contributed by atoms with E-state index in [0.29, 0.717) is 12.1 Å². The molecule has 0 aromatic heterocycles. The van der Waals surface area contributed by atoms with Gasteiger partial charge in [-0.2, -0.15) is 0 Å². The highest BCUT2D eigenvalue weighted by atomic mass is 16.3. The van der Waals surface area contributed by atoms with Crippen LogP contribution in [0.2, 0.25) is 0 Å². The van der Waals surface area contributed by atoms with Crippen LogP contribution in [0, 0.1) is 0 Å². The van der Waals surface area contributed by atoms with Crippen LogP contribution in [0.3, 0.4) is 0 Å². The van der Waals surface area contributed by atoms with Crippen LogP contribution in [-0.2, 0) is 0 Å². The maximum Gasteiger partial charge on any atom is 0.0682 e. The fraction of sp³-hybridized carbons (Fsp3) is 1.00. The summed E-state index contributed by atoms with van der Waals surface area (Å²) >= 11 is 0. The van der Waals surface area contributed by atoms with Crippen LogP contribution in [-0.4, -0.2) is 34.7 Å². The van der Waals surface area contributed by atoms with Crippen LogP contribution < -0.4 is 0 Å². The third-order valence-electron chi connectivity index (χ3n) is 2.57. The molecular formula is C9H19NO. The Morgan fingerprint density at radius 2 is 2.18 bits per heavy atom. The molecule has 1 saturated heterocycles. The fourth-order valence-corrected chi connectivity index (χ4v) is 1.95. The standard InChI is InChI=1S/C9H19NO/c1-4-8-5-9(11)6-10(8)7(2)3/h7-9,11H,4-6H2,1-3H3/t8-,9-/m0/s1. The summed E-state index contributed by atoms with van der Waals surface area (Å²) < 4.78 is 0. The van der Waals surface area contributed by atoms with Crippen molar-refractivity contribution in [3.05, 3.63) is 0 Å². The molecule has 0 bridgehead atoms. The van der Waals surface area contributed by atoms with E-state index in [1.165, 1.54) is 0 Å².